The number of carbonyl (C=O) groups excluding carboxylic acids is 1. The minimum atomic E-state index is 0.0564. The van der Waals surface area contributed by atoms with Crippen LogP contribution in [0.1, 0.15) is 39.5 Å². The standard InChI is InChI=1S/C13H26N2O/c1-10(2)5-6-11-7-8-14-12(9-11)13(16)15(3)4/h10-12,14H,5-9H2,1-4H3. The third-order valence-electron chi connectivity index (χ3n) is 3.40. The van der Waals surface area contributed by atoms with Gasteiger partial charge in [-0.2, -0.15) is 0 Å². The molecule has 0 aromatic carbocycles. The van der Waals surface area contributed by atoms with Gasteiger partial charge in [0, 0.05) is 14.1 Å². The normalized spacial score (nSPS) is 25.8. The van der Waals surface area contributed by atoms with Gasteiger partial charge in [0.15, 0.2) is 0 Å². The van der Waals surface area contributed by atoms with Crippen molar-refractivity contribution in [3.8, 4) is 0 Å². The summed E-state index contributed by atoms with van der Waals surface area (Å²) in [4.78, 5) is 13.5. The first-order valence-corrected chi connectivity index (χ1v) is 6.45. The molecule has 3 nitrogen and oxygen atoms in total. The molecule has 0 radical (unpaired) electrons. The Balaban J connectivity index is 2.38. The number of likely N-dealkylation sites (N-methyl/N-ethyl adjacent to an activating group) is 1. The Hall–Kier alpha value is -0.570. The highest BCUT2D eigenvalue weighted by atomic mass is 16.2. The van der Waals surface area contributed by atoms with E-state index in [0.29, 0.717) is 0 Å². The summed E-state index contributed by atoms with van der Waals surface area (Å²) in [5, 5.41) is 3.33. The van der Waals surface area contributed by atoms with Crippen LogP contribution >= 0.6 is 0 Å². The number of hydrogen-bond donors (Lipinski definition) is 1. The van der Waals surface area contributed by atoms with Crippen LogP contribution in [-0.4, -0.2) is 37.5 Å². The Morgan fingerprint density at radius 1 is 1.44 bits per heavy atom. The van der Waals surface area contributed by atoms with Crippen molar-refractivity contribution in [2.45, 2.75) is 45.6 Å². The molecule has 2 atom stereocenters. The predicted molar refractivity (Wildman–Crippen MR) is 67.3 cm³/mol. The monoisotopic (exact) mass is 226 g/mol. The highest BCUT2D eigenvalue weighted by molar-refractivity contribution is 5.81. The molecule has 1 amide bonds. The van der Waals surface area contributed by atoms with Gasteiger partial charge in [-0.25, -0.2) is 0 Å². The van der Waals surface area contributed by atoms with E-state index >= 15 is 0 Å². The fraction of sp³-hybridized carbons (Fsp3) is 0.923. The highest BCUT2D eigenvalue weighted by Crippen LogP contribution is 2.23. The molecule has 94 valence electrons. The summed E-state index contributed by atoms with van der Waals surface area (Å²) in [7, 11) is 3.67. The molecule has 0 spiro atoms. The van der Waals surface area contributed by atoms with E-state index in [1.54, 1.807) is 4.90 Å². The minimum absolute atomic E-state index is 0.0564. The maximum absolute atomic E-state index is 11.8. The number of amides is 1. The van der Waals surface area contributed by atoms with Crippen molar-refractivity contribution in [3.63, 3.8) is 0 Å². The lowest BCUT2D eigenvalue weighted by atomic mass is 9.86. The van der Waals surface area contributed by atoms with Crippen LogP contribution < -0.4 is 5.32 Å². The van der Waals surface area contributed by atoms with E-state index < -0.39 is 0 Å². The van der Waals surface area contributed by atoms with Gasteiger partial charge in [0.2, 0.25) is 5.91 Å². The number of hydrogen-bond acceptors (Lipinski definition) is 2. The van der Waals surface area contributed by atoms with E-state index in [1.165, 1.54) is 19.3 Å². The number of nitrogens with zero attached hydrogens (tertiary/aromatic N) is 1. The first-order valence-electron chi connectivity index (χ1n) is 6.45. The second kappa shape index (κ2) is 6.24. The van der Waals surface area contributed by atoms with Crippen molar-refractivity contribution >= 4 is 5.91 Å². The average molecular weight is 226 g/mol. The molecule has 1 heterocycles. The Bertz CT molecular complexity index is 226. The van der Waals surface area contributed by atoms with Crippen LogP contribution in [0.4, 0.5) is 0 Å². The molecule has 0 aliphatic carbocycles. The summed E-state index contributed by atoms with van der Waals surface area (Å²) in [5.41, 5.74) is 0. The summed E-state index contributed by atoms with van der Waals surface area (Å²) >= 11 is 0. The van der Waals surface area contributed by atoms with Gasteiger partial charge in [0.25, 0.3) is 0 Å². The number of carbonyl (C=O) groups is 1. The molecule has 0 saturated carbocycles. The molecule has 0 aromatic rings. The molecule has 1 aliphatic rings. The maximum Gasteiger partial charge on any atom is 0.239 e. The molecular weight excluding hydrogens is 200 g/mol. The molecule has 1 fully saturated rings. The van der Waals surface area contributed by atoms with Crippen LogP contribution in [0.5, 0.6) is 0 Å². The van der Waals surface area contributed by atoms with Crippen LogP contribution in [0.3, 0.4) is 0 Å². The second-order valence-electron chi connectivity index (χ2n) is 5.60. The summed E-state index contributed by atoms with van der Waals surface area (Å²) in [6.07, 6.45) is 4.80. The summed E-state index contributed by atoms with van der Waals surface area (Å²) < 4.78 is 0. The zero-order valence-electron chi connectivity index (χ0n) is 11.1. The summed E-state index contributed by atoms with van der Waals surface area (Å²) in [6.45, 7) is 5.53. The van der Waals surface area contributed by atoms with Crippen molar-refractivity contribution < 1.29 is 4.79 Å². The van der Waals surface area contributed by atoms with Crippen molar-refractivity contribution in [2.24, 2.45) is 11.8 Å². The van der Waals surface area contributed by atoms with Gasteiger partial charge < -0.3 is 10.2 Å². The Morgan fingerprint density at radius 2 is 2.12 bits per heavy atom. The highest BCUT2D eigenvalue weighted by Gasteiger charge is 2.27. The van der Waals surface area contributed by atoms with Crippen LogP contribution in [0.2, 0.25) is 0 Å². The fourth-order valence-electron chi connectivity index (χ4n) is 2.33. The molecule has 0 aromatic heterocycles. The van der Waals surface area contributed by atoms with Crippen molar-refractivity contribution in [2.75, 3.05) is 20.6 Å². The zero-order valence-corrected chi connectivity index (χ0v) is 11.1. The predicted octanol–water partition coefficient (Wildman–Crippen LogP) is 1.88. The van der Waals surface area contributed by atoms with E-state index in [1.807, 2.05) is 14.1 Å². The van der Waals surface area contributed by atoms with Crippen molar-refractivity contribution in [1.29, 1.82) is 0 Å². The third-order valence-corrected chi connectivity index (χ3v) is 3.40. The molecule has 16 heavy (non-hydrogen) atoms. The van der Waals surface area contributed by atoms with Gasteiger partial charge >= 0.3 is 0 Å². The quantitative estimate of drug-likeness (QED) is 0.794. The molecule has 1 N–H and O–H groups in total. The fourth-order valence-corrected chi connectivity index (χ4v) is 2.33. The van der Waals surface area contributed by atoms with Crippen LogP contribution in [-0.2, 0) is 4.79 Å². The zero-order chi connectivity index (χ0) is 12.1. The van der Waals surface area contributed by atoms with Gasteiger partial charge in [-0.15, -0.1) is 0 Å². The topological polar surface area (TPSA) is 32.3 Å². The number of rotatable bonds is 4. The van der Waals surface area contributed by atoms with Gasteiger partial charge in [-0.05, 0) is 31.2 Å². The third kappa shape index (κ3) is 4.12. The van der Waals surface area contributed by atoms with Crippen molar-refractivity contribution in [1.82, 2.24) is 10.2 Å². The van der Waals surface area contributed by atoms with Gasteiger partial charge in [-0.3, -0.25) is 4.79 Å². The Kier molecular flexibility index (Phi) is 5.26. The second-order valence-corrected chi connectivity index (χ2v) is 5.60. The lowest BCUT2D eigenvalue weighted by Crippen LogP contribution is -2.48. The van der Waals surface area contributed by atoms with Gasteiger partial charge in [-0.1, -0.05) is 26.7 Å². The maximum atomic E-state index is 11.8. The van der Waals surface area contributed by atoms with Gasteiger partial charge in [0.1, 0.15) is 0 Å². The number of nitrogens with one attached hydrogen (secondary N) is 1. The molecule has 1 rings (SSSR count). The number of piperidine rings is 1. The average Bonchev–Trinajstić information content (AvgIpc) is 2.25. The van der Waals surface area contributed by atoms with Crippen molar-refractivity contribution in [3.05, 3.63) is 0 Å². The largest absolute Gasteiger partial charge is 0.347 e. The van der Waals surface area contributed by atoms with Gasteiger partial charge in [0.05, 0.1) is 6.04 Å². The van der Waals surface area contributed by atoms with E-state index in [4.69, 9.17) is 0 Å². The summed E-state index contributed by atoms with van der Waals surface area (Å²) in [6, 6.07) is 0.0564. The van der Waals surface area contributed by atoms with Crippen LogP contribution in [0.15, 0.2) is 0 Å². The first-order chi connectivity index (χ1) is 7.50. The molecule has 1 aliphatic heterocycles. The summed E-state index contributed by atoms with van der Waals surface area (Å²) in [5.74, 6) is 1.74. The Labute approximate surface area is 99.6 Å². The molecule has 3 heteroatoms. The van der Waals surface area contributed by atoms with E-state index in [-0.39, 0.29) is 11.9 Å². The molecular formula is C13H26N2O. The van der Waals surface area contributed by atoms with Crippen LogP contribution in [0.25, 0.3) is 0 Å². The smallest absolute Gasteiger partial charge is 0.239 e. The van der Waals surface area contributed by atoms with E-state index in [9.17, 15) is 4.79 Å². The SMILES string of the molecule is CC(C)CCC1CCNC(C(=O)N(C)C)C1. The van der Waals surface area contributed by atoms with Crippen LogP contribution in [0, 0.1) is 11.8 Å². The lowest BCUT2D eigenvalue weighted by molar-refractivity contribution is -0.131. The first kappa shape index (κ1) is 13.5. The minimum Gasteiger partial charge on any atom is -0.347 e. The molecule has 2 unspecified atom stereocenters. The van der Waals surface area contributed by atoms with E-state index in [2.05, 4.69) is 19.2 Å². The van der Waals surface area contributed by atoms with E-state index in [0.717, 1.165) is 24.8 Å². The molecule has 0 bridgehead atoms. The molecule has 1 saturated heterocycles. The Morgan fingerprint density at radius 3 is 2.69 bits per heavy atom. The lowest BCUT2D eigenvalue weighted by Gasteiger charge is -2.31.